The molecule has 0 aliphatic carbocycles. The molecule has 2 N–H and O–H groups in total. The van der Waals surface area contributed by atoms with Gasteiger partial charge in [-0.1, -0.05) is 30.3 Å². The van der Waals surface area contributed by atoms with Gasteiger partial charge >= 0.3 is 11.6 Å². The van der Waals surface area contributed by atoms with Gasteiger partial charge in [0.25, 0.3) is 0 Å². The Labute approximate surface area is 187 Å². The minimum absolute atomic E-state index is 0.0536. The molecule has 2 heterocycles. The summed E-state index contributed by atoms with van der Waals surface area (Å²) in [6, 6.07) is 18.9. The van der Waals surface area contributed by atoms with Gasteiger partial charge < -0.3 is 23.8 Å². The van der Waals surface area contributed by atoms with Crippen LogP contribution in [0.15, 0.2) is 80.4 Å². The summed E-state index contributed by atoms with van der Waals surface area (Å²) < 4.78 is 16.7. The number of carboxylic acid groups (broad SMARTS) is 1. The Morgan fingerprint density at radius 2 is 1.67 bits per heavy atom. The van der Waals surface area contributed by atoms with E-state index in [0.717, 1.165) is 5.56 Å². The topological polar surface area (TPSA) is 110 Å². The van der Waals surface area contributed by atoms with Gasteiger partial charge in [0.2, 0.25) is 0 Å². The van der Waals surface area contributed by atoms with Gasteiger partial charge in [-0.2, -0.15) is 0 Å². The molecule has 2 aromatic heterocycles. The van der Waals surface area contributed by atoms with E-state index >= 15 is 0 Å². The quantitative estimate of drug-likeness (QED) is 0.359. The number of aromatic hydroxyl groups is 1. The Morgan fingerprint density at radius 3 is 2.33 bits per heavy atom. The van der Waals surface area contributed by atoms with Crippen LogP contribution < -0.4 is 10.4 Å². The highest BCUT2D eigenvalue weighted by Crippen LogP contribution is 2.44. The summed E-state index contributed by atoms with van der Waals surface area (Å²) in [7, 11) is 1.54. The van der Waals surface area contributed by atoms with Crippen LogP contribution in [0.5, 0.6) is 11.5 Å². The summed E-state index contributed by atoms with van der Waals surface area (Å²) in [5, 5.41) is 21.2. The maximum absolute atomic E-state index is 12.5. The van der Waals surface area contributed by atoms with Crippen LogP contribution in [0.4, 0.5) is 0 Å². The van der Waals surface area contributed by atoms with E-state index < -0.39 is 18.0 Å². The van der Waals surface area contributed by atoms with Crippen LogP contribution >= 0.6 is 0 Å². The second kappa shape index (κ2) is 7.87. The van der Waals surface area contributed by atoms with Gasteiger partial charge in [0.05, 0.1) is 18.9 Å². The molecule has 5 rings (SSSR count). The van der Waals surface area contributed by atoms with Gasteiger partial charge in [-0.3, -0.25) is 4.79 Å². The van der Waals surface area contributed by atoms with Crippen LogP contribution in [-0.4, -0.2) is 23.3 Å². The Kier molecular flexibility index (Phi) is 4.86. The van der Waals surface area contributed by atoms with Gasteiger partial charge in [0, 0.05) is 28.1 Å². The molecule has 3 aromatic carbocycles. The number of carbonyl (C=O) groups is 1. The number of carboxylic acids is 1. The first kappa shape index (κ1) is 20.4. The molecule has 0 atom stereocenters. The fraction of sp³-hybridized carbons (Fsp3) is 0.0769. The van der Waals surface area contributed by atoms with Crippen LogP contribution in [0, 0.1) is 0 Å². The first-order valence-electron chi connectivity index (χ1n) is 10.1. The highest BCUT2D eigenvalue weighted by atomic mass is 16.5. The zero-order chi connectivity index (χ0) is 23.1. The summed E-state index contributed by atoms with van der Waals surface area (Å²) >= 11 is 0. The van der Waals surface area contributed by atoms with Crippen molar-refractivity contribution in [3.8, 4) is 33.9 Å². The lowest BCUT2D eigenvalue weighted by atomic mass is 9.97. The second-order valence-corrected chi connectivity index (χ2v) is 7.53. The van der Waals surface area contributed by atoms with Crippen LogP contribution in [0.3, 0.4) is 0 Å². The first-order valence-corrected chi connectivity index (χ1v) is 10.1. The fourth-order valence-corrected chi connectivity index (χ4v) is 4.07. The summed E-state index contributed by atoms with van der Waals surface area (Å²) in [6.45, 7) is 0. The van der Waals surface area contributed by atoms with Crippen LogP contribution in [0.1, 0.15) is 5.56 Å². The lowest BCUT2D eigenvalue weighted by molar-refractivity contribution is -0.136. The average Bonchev–Trinajstić information content (AvgIpc) is 3.19. The second-order valence-electron chi connectivity index (χ2n) is 7.53. The highest BCUT2D eigenvalue weighted by Gasteiger charge is 2.25. The standard InChI is InChI=1S/C26H18O7/c1-31-16-9-7-15(8-10-16)24-19(12-21(28)29)23-25-18(11-20(27)26(23)33-24)17(13-22(30)32-25)14-5-3-2-4-6-14/h2-11,13,27H,12H2,1H3,(H,28,29). The van der Waals surface area contributed by atoms with Crippen molar-refractivity contribution in [2.24, 2.45) is 0 Å². The predicted octanol–water partition coefficient (Wildman–Crippen LogP) is 5.21. The molecule has 0 bridgehead atoms. The number of aliphatic carboxylic acids is 1. The zero-order valence-corrected chi connectivity index (χ0v) is 17.5. The van der Waals surface area contributed by atoms with Gasteiger partial charge in [-0.15, -0.1) is 0 Å². The third-order valence-electron chi connectivity index (χ3n) is 5.51. The smallest absolute Gasteiger partial charge is 0.336 e. The normalized spacial score (nSPS) is 11.2. The number of furan rings is 1. The van der Waals surface area contributed by atoms with E-state index in [4.69, 9.17) is 13.6 Å². The van der Waals surface area contributed by atoms with Crippen molar-refractivity contribution in [2.75, 3.05) is 7.11 Å². The molecule has 0 aliphatic heterocycles. The van der Waals surface area contributed by atoms with Crippen molar-refractivity contribution in [2.45, 2.75) is 6.42 Å². The minimum Gasteiger partial charge on any atom is -0.504 e. The van der Waals surface area contributed by atoms with E-state index in [1.54, 1.807) is 31.4 Å². The number of phenolic OH excluding ortho intramolecular Hbond substituents is 1. The monoisotopic (exact) mass is 442 g/mol. The van der Waals surface area contributed by atoms with E-state index in [-0.39, 0.29) is 28.1 Å². The molecule has 164 valence electrons. The van der Waals surface area contributed by atoms with E-state index in [1.165, 1.54) is 12.1 Å². The Balaban J connectivity index is 1.89. The number of fused-ring (bicyclic) bond motifs is 3. The number of hydrogen-bond acceptors (Lipinski definition) is 6. The Bertz CT molecular complexity index is 1560. The summed E-state index contributed by atoms with van der Waals surface area (Å²) in [5.74, 6) is -0.382. The molecule has 0 saturated carbocycles. The molecule has 0 spiro atoms. The van der Waals surface area contributed by atoms with Gasteiger partial charge in [-0.25, -0.2) is 4.79 Å². The maximum Gasteiger partial charge on any atom is 0.336 e. The van der Waals surface area contributed by atoms with Crippen molar-refractivity contribution in [3.05, 3.63) is 82.7 Å². The van der Waals surface area contributed by atoms with E-state index in [0.29, 0.717) is 27.8 Å². The molecule has 0 unspecified atom stereocenters. The largest absolute Gasteiger partial charge is 0.504 e. The lowest BCUT2D eigenvalue weighted by Crippen LogP contribution is -2.02. The molecule has 33 heavy (non-hydrogen) atoms. The third kappa shape index (κ3) is 3.49. The highest BCUT2D eigenvalue weighted by molar-refractivity contribution is 6.13. The van der Waals surface area contributed by atoms with Crippen molar-refractivity contribution in [1.29, 1.82) is 0 Å². The fourth-order valence-electron chi connectivity index (χ4n) is 4.07. The Hall–Kier alpha value is -4.52. The van der Waals surface area contributed by atoms with Gasteiger partial charge in [-0.05, 0) is 35.9 Å². The molecule has 7 heteroatoms. The van der Waals surface area contributed by atoms with Crippen molar-refractivity contribution >= 4 is 27.9 Å². The van der Waals surface area contributed by atoms with Crippen LogP contribution in [0.2, 0.25) is 0 Å². The van der Waals surface area contributed by atoms with E-state index in [1.807, 2.05) is 30.3 Å². The number of phenols is 1. The molecular formula is C26H18O7. The summed E-state index contributed by atoms with van der Waals surface area (Å²) in [5.41, 5.74) is 1.84. The third-order valence-corrected chi connectivity index (χ3v) is 5.51. The van der Waals surface area contributed by atoms with Crippen LogP contribution in [-0.2, 0) is 11.2 Å². The molecular weight excluding hydrogens is 424 g/mol. The SMILES string of the molecule is COc1ccc(-c2oc3c(O)cc4c(-c5ccccc5)cc(=O)oc4c3c2CC(=O)O)cc1. The molecule has 0 amide bonds. The lowest BCUT2D eigenvalue weighted by Gasteiger charge is -2.08. The van der Waals surface area contributed by atoms with Crippen molar-refractivity contribution < 1.29 is 28.6 Å². The molecule has 0 saturated heterocycles. The molecule has 5 aromatic rings. The van der Waals surface area contributed by atoms with Gasteiger partial charge in [0.1, 0.15) is 11.5 Å². The van der Waals surface area contributed by atoms with Crippen molar-refractivity contribution in [3.63, 3.8) is 0 Å². The Morgan fingerprint density at radius 1 is 0.939 bits per heavy atom. The number of benzene rings is 3. The van der Waals surface area contributed by atoms with E-state index in [2.05, 4.69) is 0 Å². The maximum atomic E-state index is 12.5. The molecule has 0 fully saturated rings. The zero-order valence-electron chi connectivity index (χ0n) is 17.5. The summed E-state index contributed by atoms with van der Waals surface area (Å²) in [4.78, 5) is 24.3. The molecule has 7 nitrogen and oxygen atoms in total. The van der Waals surface area contributed by atoms with Crippen LogP contribution in [0.25, 0.3) is 44.4 Å². The van der Waals surface area contributed by atoms with Gasteiger partial charge in [0.15, 0.2) is 16.9 Å². The predicted molar refractivity (Wildman–Crippen MR) is 123 cm³/mol. The molecule has 0 radical (unpaired) electrons. The van der Waals surface area contributed by atoms with E-state index in [9.17, 15) is 19.8 Å². The average molecular weight is 442 g/mol. The number of rotatable bonds is 5. The number of hydrogen-bond donors (Lipinski definition) is 2. The number of ether oxygens (including phenoxy) is 1. The number of methoxy groups -OCH3 is 1. The molecule has 0 aliphatic rings. The summed E-state index contributed by atoms with van der Waals surface area (Å²) in [6.07, 6.45) is -0.397. The minimum atomic E-state index is -1.09. The van der Waals surface area contributed by atoms with Crippen molar-refractivity contribution in [1.82, 2.24) is 0 Å². The first-order chi connectivity index (χ1) is 16.0.